The van der Waals surface area contributed by atoms with Crippen LogP contribution in [0.5, 0.6) is 5.75 Å². The Hall–Kier alpha value is -4.36. The first-order valence-electron chi connectivity index (χ1n) is 16.8. The molecule has 1 aromatic heterocycles. The molecule has 0 unspecified atom stereocenters. The highest BCUT2D eigenvalue weighted by Gasteiger charge is 2.66. The van der Waals surface area contributed by atoms with Crippen molar-refractivity contribution >= 4 is 36.4 Å². The van der Waals surface area contributed by atoms with E-state index < -0.39 is 25.7 Å². The molecular formula is C37H45N5O6Si. The van der Waals surface area contributed by atoms with Gasteiger partial charge in [-0.25, -0.2) is 0 Å². The van der Waals surface area contributed by atoms with Crippen molar-refractivity contribution in [2.75, 3.05) is 23.9 Å². The molecule has 12 heteroatoms. The summed E-state index contributed by atoms with van der Waals surface area (Å²) in [6.07, 6.45) is 1.36. The number of carbonyl (C=O) groups excluding carboxylic acids is 2. The van der Waals surface area contributed by atoms with Gasteiger partial charge in [-0.05, 0) is 54.8 Å². The summed E-state index contributed by atoms with van der Waals surface area (Å²) in [6.45, 7) is 9.10. The number of aliphatic hydroxyl groups excluding tert-OH is 2. The van der Waals surface area contributed by atoms with Crippen LogP contribution in [-0.2, 0) is 39.4 Å². The SMILES string of the molecule is COc1ccc([Si](C)(C)[C@H]2[C@H](CCn3cc(CCO)nn3)O[C@@]3(C(=O)N(Cc4ccccc4)c4ccc(NC(=O)[C@H](C)O)cc43)[C@@H]2C)cc1. The van der Waals surface area contributed by atoms with E-state index in [1.54, 1.807) is 22.8 Å². The summed E-state index contributed by atoms with van der Waals surface area (Å²) in [4.78, 5) is 29.4. The van der Waals surface area contributed by atoms with Gasteiger partial charge >= 0.3 is 0 Å². The van der Waals surface area contributed by atoms with Crippen molar-refractivity contribution in [1.82, 2.24) is 15.0 Å². The summed E-state index contributed by atoms with van der Waals surface area (Å²) in [5.74, 6) is -0.116. The number of hydrogen-bond acceptors (Lipinski definition) is 8. The van der Waals surface area contributed by atoms with Crippen molar-refractivity contribution in [3.05, 3.63) is 95.8 Å². The zero-order chi connectivity index (χ0) is 34.9. The van der Waals surface area contributed by atoms with E-state index in [4.69, 9.17) is 9.47 Å². The molecule has 3 heterocycles. The maximum Gasteiger partial charge on any atom is 0.264 e. The van der Waals surface area contributed by atoms with Gasteiger partial charge in [-0.3, -0.25) is 14.3 Å². The fourth-order valence-electron chi connectivity index (χ4n) is 7.77. The highest BCUT2D eigenvalue weighted by Crippen LogP contribution is 2.60. The zero-order valence-corrected chi connectivity index (χ0v) is 29.7. The van der Waals surface area contributed by atoms with Crippen LogP contribution in [0.25, 0.3) is 0 Å². The Labute approximate surface area is 287 Å². The molecule has 5 atom stereocenters. The first kappa shape index (κ1) is 34.5. The first-order chi connectivity index (χ1) is 23.5. The number of methoxy groups -OCH3 is 1. The average molecular weight is 684 g/mol. The molecule has 258 valence electrons. The number of nitrogens with zero attached hydrogens (tertiary/aromatic N) is 4. The highest BCUT2D eigenvalue weighted by atomic mass is 28.3. The minimum absolute atomic E-state index is 0.00511. The number of aromatic nitrogens is 3. The number of nitrogens with one attached hydrogen (secondary N) is 1. The van der Waals surface area contributed by atoms with E-state index in [9.17, 15) is 15.0 Å². The number of rotatable bonds is 12. The number of fused-ring (bicyclic) bond motifs is 2. The second kappa shape index (κ2) is 13.9. The molecule has 2 aliphatic heterocycles. The molecule has 1 fully saturated rings. The Bertz CT molecular complexity index is 1800. The summed E-state index contributed by atoms with van der Waals surface area (Å²) >= 11 is 0. The van der Waals surface area contributed by atoms with Gasteiger partial charge in [0.05, 0.1) is 39.2 Å². The molecule has 11 nitrogen and oxygen atoms in total. The van der Waals surface area contributed by atoms with Gasteiger partial charge in [0.15, 0.2) is 5.60 Å². The Morgan fingerprint density at radius 3 is 2.53 bits per heavy atom. The number of ether oxygens (including phenoxy) is 2. The smallest absolute Gasteiger partial charge is 0.264 e. The minimum Gasteiger partial charge on any atom is -0.497 e. The zero-order valence-electron chi connectivity index (χ0n) is 28.7. The Balaban J connectivity index is 1.45. The summed E-state index contributed by atoms with van der Waals surface area (Å²) in [7, 11) is -0.726. The molecule has 0 aliphatic carbocycles. The maximum atomic E-state index is 15.1. The Morgan fingerprint density at radius 2 is 1.86 bits per heavy atom. The lowest BCUT2D eigenvalue weighted by atomic mass is 9.82. The number of benzene rings is 3. The lowest BCUT2D eigenvalue weighted by molar-refractivity contribution is -0.146. The summed E-state index contributed by atoms with van der Waals surface area (Å²) < 4.78 is 14.5. The van der Waals surface area contributed by atoms with Crippen molar-refractivity contribution in [2.45, 2.75) is 76.2 Å². The molecule has 49 heavy (non-hydrogen) atoms. The topological polar surface area (TPSA) is 139 Å². The molecule has 3 N–H and O–H groups in total. The normalized spacial score (nSPS) is 22.4. The fraction of sp³-hybridized carbons (Fsp3) is 0.405. The van der Waals surface area contributed by atoms with Crippen LogP contribution in [0.3, 0.4) is 0 Å². The van der Waals surface area contributed by atoms with Crippen LogP contribution in [0.15, 0.2) is 79.0 Å². The highest BCUT2D eigenvalue weighted by molar-refractivity contribution is 6.91. The number of aliphatic hydroxyl groups is 2. The Morgan fingerprint density at radius 1 is 1.12 bits per heavy atom. The molecular weight excluding hydrogens is 639 g/mol. The predicted molar refractivity (Wildman–Crippen MR) is 189 cm³/mol. The van der Waals surface area contributed by atoms with Gasteiger partial charge < -0.3 is 29.9 Å². The standard InChI is InChI=1S/C37H45N5O6Si/c1-24-34(49(4,5)30-14-12-29(47-3)13-15-30)33(17-19-41-23-28(18-20-43)39-40-41)48-37(24)31-21-27(38-35(45)25(2)44)11-16-32(31)42(36(37)46)22-26-9-7-6-8-10-26/h6-16,21,23-25,33-34,43-44H,17-20,22H2,1-5H3,(H,38,45)/t24-,25+,33+,34-,37+/m1/s1. The number of aryl methyl sites for hydroxylation is 1. The summed E-state index contributed by atoms with van der Waals surface area (Å²) in [5.41, 5.74) is 2.33. The second-order valence-corrected chi connectivity index (χ2v) is 18.4. The number of amides is 2. The van der Waals surface area contributed by atoms with Crippen LogP contribution in [0.2, 0.25) is 18.6 Å². The van der Waals surface area contributed by atoms with Crippen LogP contribution in [0.1, 0.15) is 37.1 Å². The third-order valence-corrected chi connectivity index (χ3v) is 14.6. The van der Waals surface area contributed by atoms with Crippen LogP contribution in [-0.4, -0.2) is 71.0 Å². The van der Waals surface area contributed by atoms with Gasteiger partial charge in [-0.1, -0.05) is 72.9 Å². The van der Waals surface area contributed by atoms with Crippen LogP contribution < -0.4 is 20.1 Å². The molecule has 4 aromatic rings. The van der Waals surface area contributed by atoms with Gasteiger partial charge in [-0.2, -0.15) is 0 Å². The molecule has 0 bridgehead atoms. The Kier molecular flexibility index (Phi) is 9.76. The van der Waals surface area contributed by atoms with Crippen molar-refractivity contribution in [3.8, 4) is 5.75 Å². The van der Waals surface area contributed by atoms with E-state index in [1.165, 1.54) is 12.1 Å². The molecule has 1 spiro atoms. The van der Waals surface area contributed by atoms with Crippen molar-refractivity contribution < 1.29 is 29.3 Å². The van der Waals surface area contributed by atoms with Crippen LogP contribution in [0, 0.1) is 5.92 Å². The first-order valence-corrected chi connectivity index (χ1v) is 19.9. The molecule has 6 rings (SSSR count). The number of carbonyl (C=O) groups is 2. The third-order valence-electron chi connectivity index (χ3n) is 10.3. The van der Waals surface area contributed by atoms with E-state index in [2.05, 4.69) is 47.8 Å². The maximum absolute atomic E-state index is 15.1. The largest absolute Gasteiger partial charge is 0.497 e. The van der Waals surface area contributed by atoms with Crippen LogP contribution >= 0.6 is 0 Å². The third kappa shape index (κ3) is 6.41. The van der Waals surface area contributed by atoms with Gasteiger partial charge in [0.1, 0.15) is 11.9 Å². The molecule has 0 saturated carbocycles. The molecule has 2 amide bonds. The summed E-state index contributed by atoms with van der Waals surface area (Å²) in [5, 5.41) is 31.8. The van der Waals surface area contributed by atoms with Crippen molar-refractivity contribution in [3.63, 3.8) is 0 Å². The number of hydrogen-bond donors (Lipinski definition) is 3. The van der Waals surface area contributed by atoms with Gasteiger partial charge in [0.25, 0.3) is 11.8 Å². The minimum atomic E-state index is -2.38. The monoisotopic (exact) mass is 683 g/mol. The molecule has 0 radical (unpaired) electrons. The van der Waals surface area contributed by atoms with Gasteiger partial charge in [-0.15, -0.1) is 5.10 Å². The van der Waals surface area contributed by atoms with E-state index in [1.807, 2.05) is 60.8 Å². The quantitative estimate of drug-likeness (QED) is 0.191. The molecule has 1 saturated heterocycles. The van der Waals surface area contributed by atoms with Crippen LogP contribution in [0.4, 0.5) is 11.4 Å². The van der Waals surface area contributed by atoms with E-state index >= 15 is 4.79 Å². The van der Waals surface area contributed by atoms with Crippen molar-refractivity contribution in [2.24, 2.45) is 5.92 Å². The second-order valence-electron chi connectivity index (χ2n) is 13.7. The van der Waals surface area contributed by atoms with Gasteiger partial charge in [0.2, 0.25) is 0 Å². The van der Waals surface area contributed by atoms with E-state index in [-0.39, 0.29) is 30.1 Å². The average Bonchev–Trinajstić information content (AvgIpc) is 3.74. The summed E-state index contributed by atoms with van der Waals surface area (Å²) in [6, 6.07) is 23.6. The van der Waals surface area contributed by atoms with E-state index in [0.717, 1.165) is 17.0 Å². The molecule has 2 aliphatic rings. The number of anilines is 2. The van der Waals surface area contributed by atoms with Crippen molar-refractivity contribution in [1.29, 1.82) is 0 Å². The molecule has 3 aromatic carbocycles. The van der Waals surface area contributed by atoms with E-state index in [0.29, 0.717) is 42.9 Å². The predicted octanol–water partition coefficient (Wildman–Crippen LogP) is 3.99. The fourth-order valence-corrected chi connectivity index (χ4v) is 11.8. The lowest BCUT2D eigenvalue weighted by Gasteiger charge is -2.37. The lowest BCUT2D eigenvalue weighted by Crippen LogP contribution is -2.51. The van der Waals surface area contributed by atoms with Gasteiger partial charge in [0, 0.05) is 42.9 Å².